The summed E-state index contributed by atoms with van der Waals surface area (Å²) < 4.78 is 26.8. The molecule has 3 rings (SSSR count). The number of carbonyl (C=O) groups excluding carboxylic acids is 1. The number of fused-ring (bicyclic) bond motifs is 1. The number of aryl methyl sites for hydroxylation is 1. The molecule has 0 amide bonds. The fourth-order valence-corrected chi connectivity index (χ4v) is 2.47. The van der Waals surface area contributed by atoms with Crippen molar-refractivity contribution < 1.29 is 13.6 Å². The maximum absolute atomic E-state index is 13.6. The van der Waals surface area contributed by atoms with Crippen molar-refractivity contribution in [1.29, 1.82) is 0 Å². The minimum Gasteiger partial charge on any atom is -0.289 e. The van der Waals surface area contributed by atoms with Crippen LogP contribution in [0.25, 0.3) is 6.08 Å². The molecule has 0 spiro atoms. The van der Waals surface area contributed by atoms with Crippen LogP contribution < -0.4 is 0 Å². The number of halogens is 2. The maximum Gasteiger partial charge on any atom is 0.189 e. The molecule has 2 aromatic rings. The summed E-state index contributed by atoms with van der Waals surface area (Å²) in [6.45, 7) is 0. The molecule has 0 atom stereocenters. The molecule has 1 nitrogen and oxygen atoms in total. The van der Waals surface area contributed by atoms with Gasteiger partial charge in [-0.15, -0.1) is 0 Å². The summed E-state index contributed by atoms with van der Waals surface area (Å²) in [6.07, 6.45) is 2.74. The van der Waals surface area contributed by atoms with Gasteiger partial charge in [-0.05, 0) is 42.7 Å². The summed E-state index contributed by atoms with van der Waals surface area (Å²) in [5, 5.41) is 0. The number of hydrogen-bond donors (Lipinski definition) is 0. The largest absolute Gasteiger partial charge is 0.289 e. The number of allylic oxidation sites excluding steroid dienone is 1. The lowest BCUT2D eigenvalue weighted by atomic mass is 9.86. The van der Waals surface area contributed by atoms with Crippen molar-refractivity contribution in [3.8, 4) is 0 Å². The quantitative estimate of drug-likeness (QED) is 0.710. The lowest BCUT2D eigenvalue weighted by Crippen LogP contribution is -2.13. The van der Waals surface area contributed by atoms with E-state index in [1.165, 1.54) is 6.08 Å². The molecular formula is C17H12F2O. The van der Waals surface area contributed by atoms with Crippen LogP contribution >= 0.6 is 0 Å². The summed E-state index contributed by atoms with van der Waals surface area (Å²) in [5.74, 6) is -1.14. The van der Waals surface area contributed by atoms with E-state index in [0.29, 0.717) is 17.6 Å². The van der Waals surface area contributed by atoms with E-state index in [9.17, 15) is 13.6 Å². The van der Waals surface area contributed by atoms with Crippen LogP contribution in [0.5, 0.6) is 0 Å². The van der Waals surface area contributed by atoms with Gasteiger partial charge in [-0.3, -0.25) is 4.79 Å². The van der Waals surface area contributed by atoms with Crippen LogP contribution in [0.15, 0.2) is 48.0 Å². The second kappa shape index (κ2) is 5.00. The van der Waals surface area contributed by atoms with Gasteiger partial charge in [0.15, 0.2) is 5.78 Å². The molecule has 1 aliphatic carbocycles. The van der Waals surface area contributed by atoms with Gasteiger partial charge in [0.1, 0.15) is 11.6 Å². The topological polar surface area (TPSA) is 17.1 Å². The number of benzene rings is 2. The molecule has 0 bridgehead atoms. The molecule has 0 aromatic heterocycles. The van der Waals surface area contributed by atoms with Gasteiger partial charge in [0.25, 0.3) is 0 Å². The molecule has 2 aromatic carbocycles. The number of Topliss-reactive ketones (excluding diaryl/α,β-unsaturated/α-hetero) is 1. The highest BCUT2D eigenvalue weighted by Gasteiger charge is 2.21. The van der Waals surface area contributed by atoms with Gasteiger partial charge >= 0.3 is 0 Å². The highest BCUT2D eigenvalue weighted by atomic mass is 19.1. The van der Waals surface area contributed by atoms with Crippen LogP contribution in [0.3, 0.4) is 0 Å². The third kappa shape index (κ3) is 2.27. The van der Waals surface area contributed by atoms with Crippen LogP contribution in [0.4, 0.5) is 8.78 Å². The Hall–Kier alpha value is -2.29. The first kappa shape index (κ1) is 12.7. The first-order valence-electron chi connectivity index (χ1n) is 6.43. The van der Waals surface area contributed by atoms with Gasteiger partial charge in [0, 0.05) is 16.7 Å². The van der Waals surface area contributed by atoms with E-state index in [0.717, 1.165) is 30.2 Å². The van der Waals surface area contributed by atoms with Gasteiger partial charge in [-0.25, -0.2) is 8.78 Å². The molecular weight excluding hydrogens is 258 g/mol. The minimum atomic E-state index is -0.523. The summed E-state index contributed by atoms with van der Waals surface area (Å²) in [7, 11) is 0. The van der Waals surface area contributed by atoms with Gasteiger partial charge < -0.3 is 0 Å². The molecule has 1 aliphatic rings. The zero-order valence-electron chi connectivity index (χ0n) is 10.7. The molecule has 0 saturated heterocycles. The third-order valence-electron chi connectivity index (χ3n) is 3.51. The van der Waals surface area contributed by atoms with E-state index in [-0.39, 0.29) is 11.3 Å². The summed E-state index contributed by atoms with van der Waals surface area (Å²) in [5.41, 5.74) is 2.30. The van der Waals surface area contributed by atoms with Crippen molar-refractivity contribution in [2.45, 2.75) is 12.8 Å². The smallest absolute Gasteiger partial charge is 0.189 e. The Bertz CT molecular complexity index is 717. The van der Waals surface area contributed by atoms with Crippen molar-refractivity contribution in [2.24, 2.45) is 0 Å². The van der Waals surface area contributed by atoms with Gasteiger partial charge in [0.2, 0.25) is 0 Å². The van der Waals surface area contributed by atoms with Gasteiger partial charge in [0.05, 0.1) is 0 Å². The average molecular weight is 270 g/mol. The fourth-order valence-electron chi connectivity index (χ4n) is 2.47. The minimum absolute atomic E-state index is 0.101. The number of rotatable bonds is 1. The predicted molar refractivity (Wildman–Crippen MR) is 73.4 cm³/mol. The third-order valence-corrected chi connectivity index (χ3v) is 3.51. The lowest BCUT2D eigenvalue weighted by Gasteiger charge is -2.17. The van der Waals surface area contributed by atoms with Crippen molar-refractivity contribution in [1.82, 2.24) is 0 Å². The van der Waals surface area contributed by atoms with Crippen LogP contribution in [0, 0.1) is 11.6 Å². The van der Waals surface area contributed by atoms with Crippen molar-refractivity contribution >= 4 is 11.9 Å². The Morgan fingerprint density at radius 1 is 1.00 bits per heavy atom. The van der Waals surface area contributed by atoms with Crippen LogP contribution in [-0.4, -0.2) is 5.78 Å². The van der Waals surface area contributed by atoms with Crippen molar-refractivity contribution in [3.05, 3.63) is 76.4 Å². The Labute approximate surface area is 115 Å². The first-order valence-corrected chi connectivity index (χ1v) is 6.43. The molecule has 0 fully saturated rings. The van der Waals surface area contributed by atoms with Gasteiger partial charge in [-0.1, -0.05) is 24.3 Å². The average Bonchev–Trinajstić information content (AvgIpc) is 2.46. The Kier molecular flexibility index (Phi) is 3.18. The second-order valence-corrected chi connectivity index (χ2v) is 4.82. The number of ketones is 1. The zero-order valence-corrected chi connectivity index (χ0v) is 10.7. The monoisotopic (exact) mass is 270 g/mol. The highest BCUT2D eigenvalue weighted by molar-refractivity contribution is 6.13. The first-order chi connectivity index (χ1) is 9.65. The van der Waals surface area contributed by atoms with E-state index in [1.54, 1.807) is 6.07 Å². The Morgan fingerprint density at radius 2 is 1.80 bits per heavy atom. The molecule has 0 aliphatic heterocycles. The molecule has 0 unspecified atom stereocenters. The highest BCUT2D eigenvalue weighted by Crippen LogP contribution is 2.27. The normalized spacial score (nSPS) is 16.3. The standard InChI is InChI=1S/C17H12F2O/c18-14-7-8-16(19)13(10-14)9-12-6-5-11-3-1-2-4-15(11)17(12)20/h1-4,7-10H,5-6H2/b12-9+. The number of hydrogen-bond acceptors (Lipinski definition) is 1. The maximum atomic E-state index is 13.6. The van der Waals surface area contributed by atoms with E-state index in [2.05, 4.69) is 0 Å². The molecule has 3 heteroatoms. The summed E-state index contributed by atoms with van der Waals surface area (Å²) in [4.78, 5) is 12.3. The summed E-state index contributed by atoms with van der Waals surface area (Å²) in [6, 6.07) is 10.6. The van der Waals surface area contributed by atoms with E-state index in [1.807, 2.05) is 18.2 Å². The molecule has 0 N–H and O–H groups in total. The molecule has 100 valence electrons. The van der Waals surface area contributed by atoms with Crippen LogP contribution in [0.1, 0.15) is 27.9 Å². The zero-order chi connectivity index (χ0) is 14.1. The molecule has 0 heterocycles. The predicted octanol–water partition coefficient (Wildman–Crippen LogP) is 4.18. The lowest BCUT2D eigenvalue weighted by molar-refractivity contribution is 0.102. The van der Waals surface area contributed by atoms with Gasteiger partial charge in [-0.2, -0.15) is 0 Å². The Balaban J connectivity index is 2.02. The summed E-state index contributed by atoms with van der Waals surface area (Å²) >= 11 is 0. The van der Waals surface area contributed by atoms with Crippen molar-refractivity contribution in [2.75, 3.05) is 0 Å². The van der Waals surface area contributed by atoms with Crippen LogP contribution in [0.2, 0.25) is 0 Å². The van der Waals surface area contributed by atoms with Crippen molar-refractivity contribution in [3.63, 3.8) is 0 Å². The molecule has 20 heavy (non-hydrogen) atoms. The van der Waals surface area contributed by atoms with E-state index in [4.69, 9.17) is 0 Å². The molecule has 0 radical (unpaired) electrons. The van der Waals surface area contributed by atoms with Crippen LogP contribution in [-0.2, 0) is 6.42 Å². The Morgan fingerprint density at radius 3 is 2.65 bits per heavy atom. The SMILES string of the molecule is O=C1/C(=C/c2cc(F)ccc2F)CCc2ccccc21. The molecule has 0 saturated carbocycles. The van der Waals surface area contributed by atoms with E-state index >= 15 is 0 Å². The second-order valence-electron chi connectivity index (χ2n) is 4.82. The van der Waals surface area contributed by atoms with E-state index < -0.39 is 11.6 Å². The number of carbonyl (C=O) groups is 1. The fraction of sp³-hybridized carbons (Fsp3) is 0.118.